The van der Waals surface area contributed by atoms with Gasteiger partial charge in [0, 0.05) is 18.9 Å². The molecule has 0 spiro atoms. The van der Waals surface area contributed by atoms with Crippen LogP contribution >= 0.6 is 11.8 Å². The van der Waals surface area contributed by atoms with Crippen molar-refractivity contribution in [2.24, 2.45) is 5.92 Å². The van der Waals surface area contributed by atoms with Crippen molar-refractivity contribution < 1.29 is 9.59 Å². The lowest BCUT2D eigenvalue weighted by atomic mass is 9.87. The van der Waals surface area contributed by atoms with Crippen LogP contribution in [0, 0.1) is 17.2 Å². The number of allylic oxidation sites excluding steroid dienone is 1. The average molecular weight is 343 g/mol. The van der Waals surface area contributed by atoms with Gasteiger partial charge in [0.1, 0.15) is 0 Å². The molecule has 5 nitrogen and oxygen atoms in total. The number of hydrogen-bond donors (Lipinski definition) is 2. The summed E-state index contributed by atoms with van der Waals surface area (Å²) in [5.74, 6) is 0.0630. The molecule has 2 amide bonds. The minimum Gasteiger partial charge on any atom is -0.355 e. The van der Waals surface area contributed by atoms with E-state index >= 15 is 0 Å². The first-order chi connectivity index (χ1) is 11.5. The zero-order valence-corrected chi connectivity index (χ0v) is 14.7. The summed E-state index contributed by atoms with van der Waals surface area (Å²) < 4.78 is 0. The van der Waals surface area contributed by atoms with E-state index in [4.69, 9.17) is 0 Å². The number of benzene rings is 1. The molecule has 0 bridgehead atoms. The summed E-state index contributed by atoms with van der Waals surface area (Å²) in [6, 6.07) is 11.7. The molecule has 24 heavy (non-hydrogen) atoms. The molecule has 0 radical (unpaired) electrons. The van der Waals surface area contributed by atoms with Crippen LogP contribution in [0.3, 0.4) is 0 Å². The van der Waals surface area contributed by atoms with Gasteiger partial charge in [-0.3, -0.25) is 9.59 Å². The number of nitrogens with one attached hydrogen (secondary N) is 2. The fourth-order valence-corrected chi connectivity index (χ4v) is 3.32. The van der Waals surface area contributed by atoms with Crippen LogP contribution in [0.2, 0.25) is 0 Å². The largest absolute Gasteiger partial charge is 0.355 e. The van der Waals surface area contributed by atoms with Crippen LogP contribution in [0.1, 0.15) is 31.7 Å². The molecule has 126 valence electrons. The Bertz CT molecular complexity index is 677. The summed E-state index contributed by atoms with van der Waals surface area (Å²) in [5.41, 5.74) is 1.45. The Morgan fingerprint density at radius 1 is 1.42 bits per heavy atom. The van der Waals surface area contributed by atoms with E-state index in [9.17, 15) is 14.9 Å². The van der Waals surface area contributed by atoms with Crippen molar-refractivity contribution in [1.29, 1.82) is 5.26 Å². The second-order valence-corrected chi connectivity index (χ2v) is 7.04. The fraction of sp³-hybridized carbons (Fsp3) is 0.389. The maximum absolute atomic E-state index is 12.0. The number of carbonyl (C=O) groups excluding carboxylic acids is 2. The topological polar surface area (TPSA) is 82.0 Å². The minimum absolute atomic E-state index is 0.102. The highest BCUT2D eigenvalue weighted by molar-refractivity contribution is 8.03. The van der Waals surface area contributed by atoms with Gasteiger partial charge in [-0.1, -0.05) is 55.9 Å². The van der Waals surface area contributed by atoms with Crippen molar-refractivity contribution in [3.8, 4) is 6.07 Å². The van der Waals surface area contributed by atoms with Gasteiger partial charge in [-0.2, -0.15) is 5.26 Å². The monoisotopic (exact) mass is 343 g/mol. The van der Waals surface area contributed by atoms with Gasteiger partial charge in [0.2, 0.25) is 11.8 Å². The van der Waals surface area contributed by atoms with Crippen molar-refractivity contribution >= 4 is 23.6 Å². The molecule has 1 aliphatic heterocycles. The van der Waals surface area contributed by atoms with Crippen molar-refractivity contribution in [3.05, 3.63) is 46.5 Å². The van der Waals surface area contributed by atoms with Crippen LogP contribution in [0.25, 0.3) is 0 Å². The van der Waals surface area contributed by atoms with Crippen LogP contribution < -0.4 is 10.6 Å². The second kappa shape index (κ2) is 8.55. The van der Waals surface area contributed by atoms with E-state index in [1.165, 1.54) is 11.8 Å². The maximum Gasteiger partial charge on any atom is 0.230 e. The Morgan fingerprint density at radius 2 is 2.12 bits per heavy atom. The molecule has 0 unspecified atom stereocenters. The summed E-state index contributed by atoms with van der Waals surface area (Å²) in [4.78, 5) is 23.9. The molecule has 0 aliphatic carbocycles. The molecule has 1 aromatic carbocycles. The Hall–Kier alpha value is -2.26. The summed E-state index contributed by atoms with van der Waals surface area (Å²) in [7, 11) is 0. The number of rotatable bonds is 6. The van der Waals surface area contributed by atoms with Crippen molar-refractivity contribution in [2.75, 3.05) is 12.3 Å². The van der Waals surface area contributed by atoms with Crippen LogP contribution in [0.4, 0.5) is 0 Å². The summed E-state index contributed by atoms with van der Waals surface area (Å²) in [5, 5.41) is 15.6. The van der Waals surface area contributed by atoms with E-state index in [1.54, 1.807) is 0 Å². The van der Waals surface area contributed by atoms with Crippen molar-refractivity contribution in [2.45, 2.75) is 26.2 Å². The molecule has 2 N–H and O–H groups in total. The number of carbonyl (C=O) groups is 2. The van der Waals surface area contributed by atoms with Gasteiger partial charge in [0.05, 0.1) is 22.4 Å². The second-order valence-electron chi connectivity index (χ2n) is 6.06. The van der Waals surface area contributed by atoms with E-state index in [-0.39, 0.29) is 29.9 Å². The Labute approximate surface area is 146 Å². The minimum atomic E-state index is -0.258. The Morgan fingerprint density at radius 3 is 2.75 bits per heavy atom. The van der Waals surface area contributed by atoms with Crippen LogP contribution in [0.15, 0.2) is 40.9 Å². The predicted octanol–water partition coefficient (Wildman–Crippen LogP) is 2.53. The molecule has 6 heteroatoms. The maximum atomic E-state index is 12.0. The molecule has 0 saturated heterocycles. The average Bonchev–Trinajstić information content (AvgIpc) is 2.58. The molecule has 1 atom stereocenters. The standard InChI is InChI=1S/C18H21N3O2S/c1-12(2)10-20-17(23)11-24-18-15(9-19)14(8-16(22)21-18)13-6-4-3-5-7-13/h3-7,12,14H,8,10-11H2,1-2H3,(H,20,23)(H,21,22)/t14-/m1/s1. The lowest BCUT2D eigenvalue weighted by Gasteiger charge is -2.25. The third-order valence-corrected chi connectivity index (χ3v) is 4.63. The van der Waals surface area contributed by atoms with Gasteiger partial charge in [0.15, 0.2) is 0 Å². The molecule has 1 aromatic rings. The normalized spacial score (nSPS) is 17.4. The number of thioether (sulfide) groups is 1. The summed E-state index contributed by atoms with van der Waals surface area (Å²) >= 11 is 1.21. The van der Waals surface area contributed by atoms with Crippen molar-refractivity contribution in [3.63, 3.8) is 0 Å². The number of amides is 2. The molecular formula is C18H21N3O2S. The molecule has 1 aliphatic rings. The molecule has 0 aromatic heterocycles. The van der Waals surface area contributed by atoms with Gasteiger partial charge in [0.25, 0.3) is 0 Å². The lowest BCUT2D eigenvalue weighted by Crippen LogP contribution is -2.33. The van der Waals surface area contributed by atoms with Crippen LogP contribution in [0.5, 0.6) is 0 Å². The Kier molecular flexibility index (Phi) is 6.44. The van der Waals surface area contributed by atoms with E-state index < -0.39 is 0 Å². The van der Waals surface area contributed by atoms with Crippen molar-refractivity contribution in [1.82, 2.24) is 10.6 Å². The van der Waals surface area contributed by atoms with Gasteiger partial charge < -0.3 is 10.6 Å². The van der Waals surface area contributed by atoms with Gasteiger partial charge >= 0.3 is 0 Å². The molecule has 2 rings (SSSR count). The van der Waals surface area contributed by atoms with Gasteiger partial charge in [-0.25, -0.2) is 0 Å². The summed E-state index contributed by atoms with van der Waals surface area (Å²) in [6.45, 7) is 4.66. The highest BCUT2D eigenvalue weighted by Crippen LogP contribution is 2.35. The number of hydrogen-bond acceptors (Lipinski definition) is 4. The SMILES string of the molecule is CC(C)CNC(=O)CSC1=C(C#N)[C@@H](c2ccccc2)CC(=O)N1. The summed E-state index contributed by atoms with van der Waals surface area (Å²) in [6.07, 6.45) is 0.247. The first-order valence-corrected chi connectivity index (χ1v) is 8.88. The van der Waals surface area contributed by atoms with E-state index in [1.807, 2.05) is 44.2 Å². The third-order valence-electron chi connectivity index (χ3n) is 3.61. The fourth-order valence-electron chi connectivity index (χ4n) is 2.41. The highest BCUT2D eigenvalue weighted by atomic mass is 32.2. The van der Waals surface area contributed by atoms with Gasteiger partial charge in [-0.05, 0) is 11.5 Å². The van der Waals surface area contributed by atoms with Crippen LogP contribution in [-0.2, 0) is 9.59 Å². The zero-order valence-electron chi connectivity index (χ0n) is 13.8. The van der Waals surface area contributed by atoms with E-state index in [0.717, 1.165) is 5.56 Å². The molecular weight excluding hydrogens is 322 g/mol. The Balaban J connectivity index is 2.13. The first-order valence-electron chi connectivity index (χ1n) is 7.89. The molecule has 1 heterocycles. The quantitative estimate of drug-likeness (QED) is 0.831. The molecule has 0 fully saturated rings. The first kappa shape index (κ1) is 18.1. The zero-order chi connectivity index (χ0) is 17.5. The van der Waals surface area contributed by atoms with E-state index in [2.05, 4.69) is 16.7 Å². The smallest absolute Gasteiger partial charge is 0.230 e. The third kappa shape index (κ3) is 4.87. The number of nitriles is 1. The van der Waals surface area contributed by atoms with E-state index in [0.29, 0.717) is 23.1 Å². The highest BCUT2D eigenvalue weighted by Gasteiger charge is 2.29. The number of nitrogens with zero attached hydrogens (tertiary/aromatic N) is 1. The predicted molar refractivity (Wildman–Crippen MR) is 94.9 cm³/mol. The lowest BCUT2D eigenvalue weighted by molar-refractivity contribution is -0.121. The van der Waals surface area contributed by atoms with Crippen LogP contribution in [-0.4, -0.2) is 24.1 Å². The van der Waals surface area contributed by atoms with Gasteiger partial charge in [-0.15, -0.1) is 0 Å². The molecule has 0 saturated carbocycles.